The van der Waals surface area contributed by atoms with Crippen molar-refractivity contribution in [2.75, 3.05) is 14.2 Å². The molecule has 3 aromatic rings. The second-order valence-electron chi connectivity index (χ2n) is 6.40. The Hall–Kier alpha value is -2.63. The van der Waals surface area contributed by atoms with Crippen LogP contribution >= 0.6 is 0 Å². The standard InChI is InChI=1S/C22H23NO3S/c1-17-14-15-20(26-3)21(16-17)27(24,25)23(2)22(18-10-6-4-7-11-18)19-12-8-5-9-13-19/h4-16,22H,1-3H3. The first-order chi connectivity index (χ1) is 12.9. The van der Waals surface area contributed by atoms with E-state index < -0.39 is 16.1 Å². The molecule has 3 aromatic carbocycles. The lowest BCUT2D eigenvalue weighted by Gasteiger charge is -2.29. The molecule has 0 saturated heterocycles. The Bertz CT molecular complexity index is 963. The first-order valence-corrected chi connectivity index (χ1v) is 10.1. The van der Waals surface area contributed by atoms with Crippen LogP contribution in [0.15, 0.2) is 83.8 Å². The quantitative estimate of drug-likeness (QED) is 0.635. The van der Waals surface area contributed by atoms with Crippen molar-refractivity contribution in [2.45, 2.75) is 17.9 Å². The minimum Gasteiger partial charge on any atom is -0.495 e. The molecule has 0 aromatic heterocycles. The maximum atomic E-state index is 13.5. The van der Waals surface area contributed by atoms with Gasteiger partial charge in [-0.25, -0.2) is 8.42 Å². The molecule has 140 valence electrons. The van der Waals surface area contributed by atoms with Gasteiger partial charge in [0, 0.05) is 7.05 Å². The Kier molecular flexibility index (Phi) is 5.63. The highest BCUT2D eigenvalue weighted by molar-refractivity contribution is 7.89. The highest BCUT2D eigenvalue weighted by atomic mass is 32.2. The molecule has 0 N–H and O–H groups in total. The molecule has 0 amide bonds. The van der Waals surface area contributed by atoms with Crippen molar-refractivity contribution < 1.29 is 13.2 Å². The highest BCUT2D eigenvalue weighted by Crippen LogP contribution is 2.35. The van der Waals surface area contributed by atoms with Crippen LogP contribution in [0.5, 0.6) is 5.75 Å². The van der Waals surface area contributed by atoms with Gasteiger partial charge in [0.15, 0.2) is 0 Å². The van der Waals surface area contributed by atoms with Crippen LogP contribution in [-0.4, -0.2) is 26.9 Å². The molecular formula is C22H23NO3S. The third-order valence-electron chi connectivity index (χ3n) is 4.57. The number of aryl methyl sites for hydroxylation is 1. The van der Waals surface area contributed by atoms with E-state index in [0.29, 0.717) is 5.75 Å². The van der Waals surface area contributed by atoms with Crippen molar-refractivity contribution in [3.63, 3.8) is 0 Å². The van der Waals surface area contributed by atoms with Gasteiger partial charge in [-0.3, -0.25) is 0 Å². The molecular weight excluding hydrogens is 358 g/mol. The SMILES string of the molecule is COc1ccc(C)cc1S(=O)(=O)N(C)C(c1ccccc1)c1ccccc1. The summed E-state index contributed by atoms with van der Waals surface area (Å²) < 4.78 is 33.7. The van der Waals surface area contributed by atoms with Gasteiger partial charge in [-0.1, -0.05) is 66.7 Å². The van der Waals surface area contributed by atoms with Gasteiger partial charge in [0.2, 0.25) is 10.0 Å². The van der Waals surface area contributed by atoms with Crippen LogP contribution in [0.3, 0.4) is 0 Å². The number of ether oxygens (including phenoxy) is 1. The topological polar surface area (TPSA) is 46.6 Å². The summed E-state index contributed by atoms with van der Waals surface area (Å²) in [6.07, 6.45) is 0. The number of nitrogens with zero attached hydrogens (tertiary/aromatic N) is 1. The molecule has 0 bridgehead atoms. The van der Waals surface area contributed by atoms with E-state index in [1.807, 2.05) is 73.7 Å². The third kappa shape index (κ3) is 3.89. The summed E-state index contributed by atoms with van der Waals surface area (Å²) in [5.41, 5.74) is 2.67. The van der Waals surface area contributed by atoms with Gasteiger partial charge in [-0.05, 0) is 35.7 Å². The highest BCUT2D eigenvalue weighted by Gasteiger charge is 2.32. The van der Waals surface area contributed by atoms with Crippen molar-refractivity contribution in [3.05, 3.63) is 95.6 Å². The summed E-state index contributed by atoms with van der Waals surface area (Å²) in [6, 6.07) is 24.0. The van der Waals surface area contributed by atoms with Gasteiger partial charge >= 0.3 is 0 Å². The Balaban J connectivity index is 2.14. The monoisotopic (exact) mass is 381 g/mol. The van der Waals surface area contributed by atoms with Gasteiger partial charge in [-0.2, -0.15) is 4.31 Å². The predicted molar refractivity (Wildman–Crippen MR) is 107 cm³/mol. The molecule has 0 aliphatic heterocycles. The number of hydrogen-bond acceptors (Lipinski definition) is 3. The summed E-state index contributed by atoms with van der Waals surface area (Å²) >= 11 is 0. The van der Waals surface area contributed by atoms with Crippen molar-refractivity contribution in [3.8, 4) is 5.75 Å². The van der Waals surface area contributed by atoms with Crippen LogP contribution in [0.2, 0.25) is 0 Å². The van der Waals surface area contributed by atoms with Crippen molar-refractivity contribution in [1.82, 2.24) is 4.31 Å². The molecule has 0 aliphatic carbocycles. The molecule has 0 unspecified atom stereocenters. The lowest BCUT2D eigenvalue weighted by molar-refractivity contribution is 0.390. The molecule has 0 heterocycles. The minimum atomic E-state index is -3.79. The fraction of sp³-hybridized carbons (Fsp3) is 0.182. The van der Waals surface area contributed by atoms with E-state index in [4.69, 9.17) is 4.74 Å². The minimum absolute atomic E-state index is 0.171. The van der Waals surface area contributed by atoms with E-state index in [1.165, 1.54) is 11.4 Å². The van der Waals surface area contributed by atoms with Gasteiger partial charge in [0.25, 0.3) is 0 Å². The summed E-state index contributed by atoms with van der Waals surface area (Å²) in [5.74, 6) is 0.340. The largest absolute Gasteiger partial charge is 0.495 e. The zero-order valence-corrected chi connectivity index (χ0v) is 16.5. The van der Waals surface area contributed by atoms with Crippen molar-refractivity contribution in [1.29, 1.82) is 0 Å². The van der Waals surface area contributed by atoms with E-state index >= 15 is 0 Å². The summed E-state index contributed by atoms with van der Waals surface area (Å²) in [6.45, 7) is 1.87. The lowest BCUT2D eigenvalue weighted by Crippen LogP contribution is -2.32. The maximum Gasteiger partial charge on any atom is 0.247 e. The summed E-state index contributed by atoms with van der Waals surface area (Å²) in [5, 5.41) is 0. The van der Waals surface area contributed by atoms with E-state index in [2.05, 4.69) is 0 Å². The molecule has 0 aliphatic rings. The molecule has 0 fully saturated rings. The van der Waals surface area contributed by atoms with Crippen LogP contribution in [0.4, 0.5) is 0 Å². The Morgan fingerprint density at radius 3 is 1.85 bits per heavy atom. The number of benzene rings is 3. The van der Waals surface area contributed by atoms with Crippen molar-refractivity contribution >= 4 is 10.0 Å². The van der Waals surface area contributed by atoms with Gasteiger partial charge in [0.05, 0.1) is 13.2 Å². The zero-order chi connectivity index (χ0) is 19.4. The Labute approximate surface area is 161 Å². The van der Waals surface area contributed by atoms with Crippen LogP contribution in [0, 0.1) is 6.92 Å². The van der Waals surface area contributed by atoms with E-state index in [-0.39, 0.29) is 4.90 Å². The van der Waals surface area contributed by atoms with Gasteiger partial charge in [0.1, 0.15) is 10.6 Å². The first-order valence-electron chi connectivity index (χ1n) is 8.67. The molecule has 3 rings (SSSR count). The van der Waals surface area contributed by atoms with Crippen LogP contribution < -0.4 is 4.74 Å². The summed E-state index contributed by atoms with van der Waals surface area (Å²) in [7, 11) is -0.697. The Morgan fingerprint density at radius 1 is 0.852 bits per heavy atom. The lowest BCUT2D eigenvalue weighted by atomic mass is 9.99. The number of sulfonamides is 1. The van der Waals surface area contributed by atoms with Crippen molar-refractivity contribution in [2.24, 2.45) is 0 Å². The molecule has 0 spiro atoms. The first kappa shape index (κ1) is 19.1. The smallest absolute Gasteiger partial charge is 0.247 e. The number of hydrogen-bond donors (Lipinski definition) is 0. The molecule has 0 saturated carbocycles. The van der Waals surface area contributed by atoms with E-state index in [9.17, 15) is 8.42 Å². The number of rotatable bonds is 6. The molecule has 27 heavy (non-hydrogen) atoms. The van der Waals surface area contributed by atoms with E-state index in [1.54, 1.807) is 19.2 Å². The second-order valence-corrected chi connectivity index (χ2v) is 8.37. The van der Waals surface area contributed by atoms with Gasteiger partial charge in [-0.15, -0.1) is 0 Å². The Morgan fingerprint density at radius 2 is 1.37 bits per heavy atom. The van der Waals surface area contributed by atoms with Crippen LogP contribution in [0.25, 0.3) is 0 Å². The number of methoxy groups -OCH3 is 1. The predicted octanol–water partition coefficient (Wildman–Crippen LogP) is 4.41. The molecule has 0 radical (unpaired) electrons. The normalized spacial score (nSPS) is 11.7. The average Bonchev–Trinajstić information content (AvgIpc) is 2.69. The zero-order valence-electron chi connectivity index (χ0n) is 15.7. The summed E-state index contributed by atoms with van der Waals surface area (Å²) in [4.78, 5) is 0.171. The fourth-order valence-electron chi connectivity index (χ4n) is 3.16. The average molecular weight is 381 g/mol. The van der Waals surface area contributed by atoms with E-state index in [0.717, 1.165) is 16.7 Å². The van der Waals surface area contributed by atoms with Crippen LogP contribution in [0.1, 0.15) is 22.7 Å². The molecule has 5 heteroatoms. The van der Waals surface area contributed by atoms with Gasteiger partial charge < -0.3 is 4.74 Å². The van der Waals surface area contributed by atoms with Crippen LogP contribution in [-0.2, 0) is 10.0 Å². The third-order valence-corrected chi connectivity index (χ3v) is 6.41. The maximum absolute atomic E-state index is 13.5. The molecule has 0 atom stereocenters. The second kappa shape index (κ2) is 7.94. The molecule has 4 nitrogen and oxygen atoms in total. The fourth-order valence-corrected chi connectivity index (χ4v) is 4.73.